The number of benzene rings is 2. The van der Waals surface area contributed by atoms with E-state index in [1.165, 1.54) is 23.1 Å². The molecule has 2 heterocycles. The highest BCUT2D eigenvalue weighted by Crippen LogP contribution is 2.35. The standard InChI is InChI=1S/C27H32N2O3/c1-19-9-10-25(23-7-4-6-22(19)23)32-16-11-26(30)29-14-12-27(31,13-15-29)21-17-20-5-2-3-8-24(20)28-18-21/h2-3,5,8-10,17-18,26,30-31H,4,6-7,11-16H2,1H3/t26-/m0/s1. The molecule has 1 saturated heterocycles. The van der Waals surface area contributed by atoms with Crippen molar-refractivity contribution in [2.75, 3.05) is 19.7 Å². The van der Waals surface area contributed by atoms with Crippen molar-refractivity contribution in [2.45, 2.75) is 57.3 Å². The summed E-state index contributed by atoms with van der Waals surface area (Å²) in [5, 5.41) is 23.0. The van der Waals surface area contributed by atoms with E-state index >= 15 is 0 Å². The first-order valence-electron chi connectivity index (χ1n) is 11.8. The van der Waals surface area contributed by atoms with E-state index in [0.29, 0.717) is 39.0 Å². The third kappa shape index (κ3) is 4.13. The maximum Gasteiger partial charge on any atom is 0.122 e. The summed E-state index contributed by atoms with van der Waals surface area (Å²) in [6, 6.07) is 14.2. The van der Waals surface area contributed by atoms with E-state index in [-0.39, 0.29) is 0 Å². The number of pyridine rings is 1. The Kier molecular flexibility index (Phi) is 5.89. The maximum absolute atomic E-state index is 11.3. The normalized spacial score (nSPS) is 19.1. The molecule has 1 fully saturated rings. The Hall–Kier alpha value is -2.47. The van der Waals surface area contributed by atoms with Crippen LogP contribution in [0.25, 0.3) is 10.9 Å². The molecular formula is C27H32N2O3. The van der Waals surface area contributed by atoms with E-state index in [0.717, 1.165) is 35.1 Å². The highest BCUT2D eigenvalue weighted by atomic mass is 16.5. The summed E-state index contributed by atoms with van der Waals surface area (Å²) < 4.78 is 6.07. The Balaban J connectivity index is 1.16. The minimum atomic E-state index is -0.897. The van der Waals surface area contributed by atoms with E-state index in [2.05, 4.69) is 24.0 Å². The fourth-order valence-corrected chi connectivity index (χ4v) is 5.25. The second-order valence-corrected chi connectivity index (χ2v) is 9.29. The molecule has 1 aliphatic heterocycles. The third-order valence-corrected chi connectivity index (χ3v) is 7.28. The molecule has 0 spiro atoms. The van der Waals surface area contributed by atoms with Crippen molar-refractivity contribution >= 4 is 10.9 Å². The van der Waals surface area contributed by atoms with E-state index < -0.39 is 11.8 Å². The number of ether oxygens (including phenoxy) is 1. The number of aryl methyl sites for hydroxylation is 1. The van der Waals surface area contributed by atoms with Crippen LogP contribution >= 0.6 is 0 Å². The molecular weight excluding hydrogens is 400 g/mol. The minimum absolute atomic E-state index is 0.492. The zero-order valence-electron chi connectivity index (χ0n) is 18.8. The van der Waals surface area contributed by atoms with Gasteiger partial charge in [-0.1, -0.05) is 24.3 Å². The number of likely N-dealkylation sites (tertiary alicyclic amines) is 1. The van der Waals surface area contributed by atoms with Crippen LogP contribution in [0.2, 0.25) is 0 Å². The van der Waals surface area contributed by atoms with Crippen LogP contribution in [-0.4, -0.2) is 46.0 Å². The first-order valence-corrected chi connectivity index (χ1v) is 11.8. The summed E-state index contributed by atoms with van der Waals surface area (Å²) in [4.78, 5) is 6.56. The summed E-state index contributed by atoms with van der Waals surface area (Å²) in [7, 11) is 0. The van der Waals surface area contributed by atoms with Gasteiger partial charge in [0.15, 0.2) is 0 Å². The first kappa shape index (κ1) is 21.4. The Morgan fingerprint density at radius 2 is 1.88 bits per heavy atom. The van der Waals surface area contributed by atoms with Crippen LogP contribution in [0.4, 0.5) is 0 Å². The zero-order chi connectivity index (χ0) is 22.1. The van der Waals surface area contributed by atoms with E-state index in [1.807, 2.05) is 35.2 Å². The monoisotopic (exact) mass is 432 g/mol. The lowest BCUT2D eigenvalue weighted by Gasteiger charge is -2.40. The highest BCUT2D eigenvalue weighted by molar-refractivity contribution is 5.78. The molecule has 168 valence electrons. The van der Waals surface area contributed by atoms with Gasteiger partial charge in [0.1, 0.15) is 12.0 Å². The molecule has 2 aliphatic rings. The molecule has 0 saturated carbocycles. The van der Waals surface area contributed by atoms with Gasteiger partial charge >= 0.3 is 0 Å². The van der Waals surface area contributed by atoms with Gasteiger partial charge in [0.25, 0.3) is 0 Å². The summed E-state index contributed by atoms with van der Waals surface area (Å²) in [6.07, 6.45) is 6.37. The van der Waals surface area contributed by atoms with Gasteiger partial charge in [0.2, 0.25) is 0 Å². The number of rotatable bonds is 6. The molecule has 1 aliphatic carbocycles. The van der Waals surface area contributed by atoms with Crippen LogP contribution < -0.4 is 4.74 Å². The van der Waals surface area contributed by atoms with Crippen LogP contribution in [0.1, 0.15) is 47.9 Å². The molecule has 32 heavy (non-hydrogen) atoms. The predicted octanol–water partition coefficient (Wildman–Crippen LogP) is 4.10. The van der Waals surface area contributed by atoms with Gasteiger partial charge in [-0.2, -0.15) is 0 Å². The number of hydrogen-bond donors (Lipinski definition) is 2. The lowest BCUT2D eigenvalue weighted by Crippen LogP contribution is -2.47. The van der Waals surface area contributed by atoms with Crippen molar-refractivity contribution in [2.24, 2.45) is 0 Å². The van der Waals surface area contributed by atoms with Crippen LogP contribution in [0.15, 0.2) is 48.7 Å². The number of aliphatic hydroxyl groups excluding tert-OH is 1. The smallest absolute Gasteiger partial charge is 0.122 e. The Morgan fingerprint density at radius 1 is 1.09 bits per heavy atom. The number of aliphatic hydroxyl groups is 2. The molecule has 0 radical (unpaired) electrons. The summed E-state index contributed by atoms with van der Waals surface area (Å²) in [5.41, 5.74) is 5.06. The molecule has 2 N–H and O–H groups in total. The van der Waals surface area contributed by atoms with Crippen LogP contribution in [0.3, 0.4) is 0 Å². The topological polar surface area (TPSA) is 65.8 Å². The van der Waals surface area contributed by atoms with Gasteiger partial charge in [-0.3, -0.25) is 9.88 Å². The van der Waals surface area contributed by atoms with E-state index in [9.17, 15) is 10.2 Å². The van der Waals surface area contributed by atoms with Gasteiger partial charge in [0, 0.05) is 36.7 Å². The number of aromatic nitrogens is 1. The minimum Gasteiger partial charge on any atom is -0.493 e. The molecule has 5 rings (SSSR count). The third-order valence-electron chi connectivity index (χ3n) is 7.28. The largest absolute Gasteiger partial charge is 0.493 e. The van der Waals surface area contributed by atoms with Crippen LogP contribution in [0.5, 0.6) is 5.75 Å². The number of para-hydroxylation sites is 1. The average Bonchev–Trinajstić information content (AvgIpc) is 3.32. The van der Waals surface area contributed by atoms with Gasteiger partial charge < -0.3 is 14.9 Å². The summed E-state index contributed by atoms with van der Waals surface area (Å²) >= 11 is 0. The van der Waals surface area contributed by atoms with Gasteiger partial charge in [-0.05, 0) is 73.9 Å². The van der Waals surface area contributed by atoms with Crippen molar-refractivity contribution in [3.63, 3.8) is 0 Å². The number of piperidine rings is 1. The Bertz CT molecular complexity index is 1110. The first-order chi connectivity index (χ1) is 15.5. The van der Waals surface area contributed by atoms with Crippen LogP contribution in [-0.2, 0) is 18.4 Å². The van der Waals surface area contributed by atoms with Crippen molar-refractivity contribution in [3.05, 3.63) is 70.9 Å². The molecule has 3 aromatic rings. The zero-order valence-corrected chi connectivity index (χ0v) is 18.8. The molecule has 0 unspecified atom stereocenters. The molecule has 1 atom stereocenters. The summed E-state index contributed by atoms with van der Waals surface area (Å²) in [6.45, 7) is 3.95. The summed E-state index contributed by atoms with van der Waals surface area (Å²) in [5.74, 6) is 0.979. The van der Waals surface area contributed by atoms with Gasteiger partial charge in [-0.15, -0.1) is 0 Å². The molecule has 5 nitrogen and oxygen atoms in total. The molecule has 0 amide bonds. The van der Waals surface area contributed by atoms with E-state index in [1.54, 1.807) is 6.20 Å². The Labute approximate surface area is 189 Å². The molecule has 2 aromatic carbocycles. The van der Waals surface area contributed by atoms with Crippen LogP contribution in [0, 0.1) is 6.92 Å². The lowest BCUT2D eigenvalue weighted by atomic mass is 9.84. The second-order valence-electron chi connectivity index (χ2n) is 9.29. The molecule has 5 heteroatoms. The Morgan fingerprint density at radius 3 is 2.72 bits per heavy atom. The lowest BCUT2D eigenvalue weighted by molar-refractivity contribution is -0.0820. The fourth-order valence-electron chi connectivity index (χ4n) is 5.25. The predicted molar refractivity (Wildman–Crippen MR) is 126 cm³/mol. The van der Waals surface area contributed by atoms with Crippen molar-refractivity contribution in [1.82, 2.24) is 9.88 Å². The van der Waals surface area contributed by atoms with Crippen molar-refractivity contribution in [1.29, 1.82) is 0 Å². The second kappa shape index (κ2) is 8.81. The van der Waals surface area contributed by atoms with Gasteiger partial charge in [-0.25, -0.2) is 0 Å². The van der Waals surface area contributed by atoms with Gasteiger partial charge in [0.05, 0.1) is 17.7 Å². The number of fused-ring (bicyclic) bond motifs is 2. The van der Waals surface area contributed by atoms with Crippen molar-refractivity contribution < 1.29 is 14.9 Å². The van der Waals surface area contributed by atoms with Crippen molar-refractivity contribution in [3.8, 4) is 5.75 Å². The molecule has 0 bridgehead atoms. The average molecular weight is 433 g/mol. The molecule has 1 aromatic heterocycles. The number of nitrogens with zero attached hydrogens (tertiary/aromatic N) is 2. The highest BCUT2D eigenvalue weighted by Gasteiger charge is 2.36. The quantitative estimate of drug-likeness (QED) is 0.614. The fraction of sp³-hybridized carbons (Fsp3) is 0.444. The number of hydrogen-bond acceptors (Lipinski definition) is 5. The van der Waals surface area contributed by atoms with E-state index in [4.69, 9.17) is 4.74 Å². The maximum atomic E-state index is 11.3. The SMILES string of the molecule is Cc1ccc(OCC[C@H](O)N2CCC(O)(c3cnc4ccccc4c3)CC2)c2c1CCC2.